The Morgan fingerprint density at radius 1 is 1.18 bits per heavy atom. The molecular weight excluding hydrogens is 282 g/mol. The minimum absolute atomic E-state index is 0.0890. The van der Waals surface area contributed by atoms with Crippen LogP contribution >= 0.6 is 0 Å². The standard InChI is InChI=1S/C17H19NO4/c1-11-3-5-13(6-4-11)9-12(2)16(19)18-10-14-7-8-15(22-14)17(20)21/h3-8,12H,9-10H2,1-2H3,(H,18,19)(H,20,21). The summed E-state index contributed by atoms with van der Waals surface area (Å²) >= 11 is 0. The fraction of sp³-hybridized carbons (Fsp3) is 0.294. The van der Waals surface area contributed by atoms with Crippen molar-refractivity contribution in [1.82, 2.24) is 5.32 Å². The number of aromatic carboxylic acids is 1. The maximum atomic E-state index is 12.1. The Morgan fingerprint density at radius 3 is 2.45 bits per heavy atom. The van der Waals surface area contributed by atoms with Crippen molar-refractivity contribution < 1.29 is 19.1 Å². The Balaban J connectivity index is 1.85. The van der Waals surface area contributed by atoms with Crippen molar-refractivity contribution in [1.29, 1.82) is 0 Å². The average Bonchev–Trinajstić information content (AvgIpc) is 2.96. The first kappa shape index (κ1) is 15.8. The fourth-order valence-electron chi connectivity index (χ4n) is 2.11. The highest BCUT2D eigenvalue weighted by atomic mass is 16.4. The predicted molar refractivity (Wildman–Crippen MR) is 81.6 cm³/mol. The molecule has 2 N–H and O–H groups in total. The molecule has 0 aliphatic rings. The third kappa shape index (κ3) is 4.22. The number of aryl methyl sites for hydroxylation is 1. The summed E-state index contributed by atoms with van der Waals surface area (Å²) in [6.45, 7) is 4.07. The maximum Gasteiger partial charge on any atom is 0.371 e. The van der Waals surface area contributed by atoms with Gasteiger partial charge in [0.1, 0.15) is 5.76 Å². The van der Waals surface area contributed by atoms with Crippen molar-refractivity contribution >= 4 is 11.9 Å². The molecule has 116 valence electrons. The van der Waals surface area contributed by atoms with Crippen molar-refractivity contribution in [3.8, 4) is 0 Å². The van der Waals surface area contributed by atoms with Gasteiger partial charge < -0.3 is 14.8 Å². The van der Waals surface area contributed by atoms with E-state index in [-0.39, 0.29) is 24.1 Å². The molecule has 1 aromatic heterocycles. The molecule has 1 atom stereocenters. The van der Waals surface area contributed by atoms with Gasteiger partial charge in [-0.2, -0.15) is 0 Å². The molecule has 1 aromatic carbocycles. The van der Waals surface area contributed by atoms with Gasteiger partial charge in [0, 0.05) is 5.92 Å². The molecule has 22 heavy (non-hydrogen) atoms. The summed E-state index contributed by atoms with van der Waals surface area (Å²) in [5.41, 5.74) is 2.30. The van der Waals surface area contributed by atoms with Crippen LogP contribution in [0.25, 0.3) is 0 Å². The van der Waals surface area contributed by atoms with Gasteiger partial charge in [0.2, 0.25) is 11.7 Å². The number of rotatable bonds is 6. The normalized spacial score (nSPS) is 11.9. The Labute approximate surface area is 129 Å². The summed E-state index contributed by atoms with van der Waals surface area (Å²) in [5.74, 6) is -1.08. The van der Waals surface area contributed by atoms with Crippen molar-refractivity contribution in [3.63, 3.8) is 0 Å². The molecule has 0 saturated carbocycles. The van der Waals surface area contributed by atoms with Crippen LogP contribution in [0.4, 0.5) is 0 Å². The minimum atomic E-state index is -1.12. The molecule has 5 nitrogen and oxygen atoms in total. The van der Waals surface area contributed by atoms with Gasteiger partial charge in [-0.3, -0.25) is 4.79 Å². The average molecular weight is 301 g/mol. The van der Waals surface area contributed by atoms with E-state index in [4.69, 9.17) is 9.52 Å². The van der Waals surface area contributed by atoms with Crippen LogP contribution in [0.5, 0.6) is 0 Å². The summed E-state index contributed by atoms with van der Waals surface area (Å²) < 4.78 is 5.09. The van der Waals surface area contributed by atoms with E-state index in [2.05, 4.69) is 5.32 Å². The zero-order valence-electron chi connectivity index (χ0n) is 12.6. The van der Waals surface area contributed by atoms with Crippen LogP contribution in [0.2, 0.25) is 0 Å². The molecule has 0 aliphatic heterocycles. The van der Waals surface area contributed by atoms with Gasteiger partial charge in [-0.05, 0) is 31.0 Å². The van der Waals surface area contributed by atoms with Gasteiger partial charge in [0.25, 0.3) is 0 Å². The summed E-state index contributed by atoms with van der Waals surface area (Å²) in [6.07, 6.45) is 0.657. The van der Waals surface area contributed by atoms with Crippen molar-refractivity contribution in [2.75, 3.05) is 0 Å². The molecular formula is C17H19NO4. The van der Waals surface area contributed by atoms with E-state index < -0.39 is 5.97 Å². The number of hydrogen-bond donors (Lipinski definition) is 2. The molecule has 0 fully saturated rings. The van der Waals surface area contributed by atoms with E-state index in [0.29, 0.717) is 12.2 Å². The topological polar surface area (TPSA) is 79.5 Å². The molecule has 0 aliphatic carbocycles. The second-order valence-electron chi connectivity index (χ2n) is 5.38. The number of furan rings is 1. The van der Waals surface area contributed by atoms with Gasteiger partial charge in [-0.25, -0.2) is 4.79 Å². The van der Waals surface area contributed by atoms with E-state index >= 15 is 0 Å². The number of nitrogens with one attached hydrogen (secondary N) is 1. The molecule has 5 heteroatoms. The fourth-order valence-corrected chi connectivity index (χ4v) is 2.11. The zero-order valence-corrected chi connectivity index (χ0v) is 12.6. The molecule has 2 aromatic rings. The van der Waals surface area contributed by atoms with Crippen LogP contribution in [0.3, 0.4) is 0 Å². The molecule has 0 saturated heterocycles. The van der Waals surface area contributed by atoms with Gasteiger partial charge >= 0.3 is 5.97 Å². The number of amides is 1. The van der Waals surface area contributed by atoms with Crippen LogP contribution in [0, 0.1) is 12.8 Å². The van der Waals surface area contributed by atoms with Gasteiger partial charge in [0.05, 0.1) is 6.54 Å². The quantitative estimate of drug-likeness (QED) is 0.860. The molecule has 0 radical (unpaired) electrons. The lowest BCUT2D eigenvalue weighted by Gasteiger charge is -2.11. The van der Waals surface area contributed by atoms with Crippen LogP contribution < -0.4 is 5.32 Å². The Hall–Kier alpha value is -2.56. The largest absolute Gasteiger partial charge is 0.475 e. The predicted octanol–water partition coefficient (Wildman–Crippen LogP) is 2.78. The molecule has 1 heterocycles. The maximum absolute atomic E-state index is 12.1. The smallest absolute Gasteiger partial charge is 0.371 e. The lowest BCUT2D eigenvalue weighted by molar-refractivity contribution is -0.124. The summed E-state index contributed by atoms with van der Waals surface area (Å²) in [6, 6.07) is 11.0. The first-order valence-corrected chi connectivity index (χ1v) is 7.11. The van der Waals surface area contributed by atoms with Crippen molar-refractivity contribution in [2.45, 2.75) is 26.8 Å². The second-order valence-corrected chi connectivity index (χ2v) is 5.38. The van der Waals surface area contributed by atoms with Crippen LogP contribution in [-0.4, -0.2) is 17.0 Å². The second kappa shape index (κ2) is 6.93. The van der Waals surface area contributed by atoms with E-state index in [9.17, 15) is 9.59 Å². The molecule has 2 rings (SSSR count). The number of carboxylic acids is 1. The van der Waals surface area contributed by atoms with Crippen LogP contribution in [-0.2, 0) is 17.8 Å². The van der Waals surface area contributed by atoms with Crippen molar-refractivity contribution in [3.05, 3.63) is 59.0 Å². The third-order valence-electron chi connectivity index (χ3n) is 3.42. The molecule has 1 amide bonds. The summed E-state index contributed by atoms with van der Waals surface area (Å²) in [5, 5.41) is 11.5. The highest BCUT2D eigenvalue weighted by molar-refractivity contribution is 5.84. The highest BCUT2D eigenvalue weighted by Gasteiger charge is 2.15. The van der Waals surface area contributed by atoms with Crippen LogP contribution in [0.15, 0.2) is 40.8 Å². The van der Waals surface area contributed by atoms with Crippen molar-refractivity contribution in [2.24, 2.45) is 5.92 Å². The number of carbonyl (C=O) groups excluding carboxylic acids is 1. The van der Waals surface area contributed by atoms with E-state index in [1.807, 2.05) is 38.1 Å². The molecule has 0 bridgehead atoms. The summed E-state index contributed by atoms with van der Waals surface area (Å²) in [4.78, 5) is 22.8. The van der Waals surface area contributed by atoms with Gasteiger partial charge in [0.15, 0.2) is 0 Å². The SMILES string of the molecule is Cc1ccc(CC(C)C(=O)NCc2ccc(C(=O)O)o2)cc1. The highest BCUT2D eigenvalue weighted by Crippen LogP contribution is 2.11. The van der Waals surface area contributed by atoms with E-state index in [0.717, 1.165) is 5.56 Å². The number of hydrogen-bond acceptors (Lipinski definition) is 3. The first-order valence-electron chi connectivity index (χ1n) is 7.11. The summed E-state index contributed by atoms with van der Waals surface area (Å²) in [7, 11) is 0. The Bertz CT molecular complexity index is 658. The lowest BCUT2D eigenvalue weighted by Crippen LogP contribution is -2.29. The third-order valence-corrected chi connectivity index (χ3v) is 3.42. The molecule has 1 unspecified atom stereocenters. The Morgan fingerprint density at radius 2 is 1.86 bits per heavy atom. The van der Waals surface area contributed by atoms with Gasteiger partial charge in [-0.15, -0.1) is 0 Å². The monoisotopic (exact) mass is 301 g/mol. The number of carbonyl (C=O) groups is 2. The van der Waals surface area contributed by atoms with E-state index in [1.54, 1.807) is 6.07 Å². The van der Waals surface area contributed by atoms with E-state index in [1.165, 1.54) is 11.6 Å². The minimum Gasteiger partial charge on any atom is -0.475 e. The molecule has 0 spiro atoms. The zero-order chi connectivity index (χ0) is 16.1. The number of benzene rings is 1. The van der Waals surface area contributed by atoms with Gasteiger partial charge in [-0.1, -0.05) is 36.8 Å². The first-order chi connectivity index (χ1) is 10.5. The number of carboxylic acid groups (broad SMARTS) is 1. The van der Waals surface area contributed by atoms with Crippen LogP contribution in [0.1, 0.15) is 34.4 Å². The lowest BCUT2D eigenvalue weighted by atomic mass is 9.99. The Kier molecular flexibility index (Phi) is 4.99.